The van der Waals surface area contributed by atoms with Crippen LogP contribution in [0.4, 0.5) is 5.82 Å². The van der Waals surface area contributed by atoms with Crippen molar-refractivity contribution in [2.75, 3.05) is 5.73 Å². The molecule has 18 heavy (non-hydrogen) atoms. The second-order valence-corrected chi connectivity index (χ2v) is 4.22. The van der Waals surface area contributed by atoms with Crippen LogP contribution in [0, 0.1) is 0 Å². The van der Waals surface area contributed by atoms with Gasteiger partial charge in [-0.1, -0.05) is 0 Å². The summed E-state index contributed by atoms with van der Waals surface area (Å²) >= 11 is 0. The average Bonchev–Trinajstić information content (AvgIpc) is 2.90. The van der Waals surface area contributed by atoms with Gasteiger partial charge in [-0.3, -0.25) is 4.79 Å². The number of pyridine rings is 1. The summed E-state index contributed by atoms with van der Waals surface area (Å²) in [6.45, 7) is 2.64. The summed E-state index contributed by atoms with van der Waals surface area (Å²) in [4.78, 5) is 19.7. The molecule has 6 nitrogen and oxygen atoms in total. The van der Waals surface area contributed by atoms with E-state index in [0.717, 1.165) is 22.8 Å². The second-order valence-electron chi connectivity index (χ2n) is 4.22. The van der Waals surface area contributed by atoms with E-state index in [0.29, 0.717) is 23.6 Å². The molecule has 92 valence electrons. The number of nitrogens with zero attached hydrogens (tertiary/aromatic N) is 4. The number of aryl methyl sites for hydroxylation is 2. The maximum atomic E-state index is 11.1. The smallest absolute Gasteiger partial charge is 0.166 e. The molecule has 3 heterocycles. The first-order valence-electron chi connectivity index (χ1n) is 5.72. The van der Waals surface area contributed by atoms with Gasteiger partial charge < -0.3 is 14.9 Å². The molecule has 3 aromatic rings. The molecule has 0 saturated carbocycles. The third-order valence-corrected chi connectivity index (χ3v) is 3.20. The highest BCUT2D eigenvalue weighted by Gasteiger charge is 2.16. The molecular formula is C12H13N5O. The lowest BCUT2D eigenvalue weighted by atomic mass is 10.2. The van der Waals surface area contributed by atoms with Crippen LogP contribution in [0.1, 0.15) is 17.4 Å². The van der Waals surface area contributed by atoms with Crippen LogP contribution in [0.5, 0.6) is 0 Å². The van der Waals surface area contributed by atoms with E-state index in [1.165, 1.54) is 0 Å². The monoisotopic (exact) mass is 243 g/mol. The van der Waals surface area contributed by atoms with Crippen molar-refractivity contribution in [2.45, 2.75) is 13.5 Å². The number of anilines is 1. The van der Waals surface area contributed by atoms with Crippen molar-refractivity contribution in [3.63, 3.8) is 0 Å². The van der Waals surface area contributed by atoms with Crippen LogP contribution in [-0.4, -0.2) is 25.4 Å². The predicted molar refractivity (Wildman–Crippen MR) is 69.5 cm³/mol. The number of aldehydes is 1. The number of hydrogen-bond donors (Lipinski definition) is 1. The minimum Gasteiger partial charge on any atom is -0.382 e. The van der Waals surface area contributed by atoms with Crippen molar-refractivity contribution in [1.82, 2.24) is 19.1 Å². The van der Waals surface area contributed by atoms with Gasteiger partial charge in [-0.05, 0) is 13.0 Å². The molecule has 0 spiro atoms. The SMILES string of the molecule is CCn1c(C=O)cc2c3c(ncn3C)c(N)nc21. The summed E-state index contributed by atoms with van der Waals surface area (Å²) in [7, 11) is 1.90. The normalized spacial score (nSPS) is 11.4. The zero-order chi connectivity index (χ0) is 12.9. The molecule has 2 N–H and O–H groups in total. The summed E-state index contributed by atoms with van der Waals surface area (Å²) < 4.78 is 3.75. The first kappa shape index (κ1) is 10.8. The first-order valence-corrected chi connectivity index (χ1v) is 5.72. The first-order chi connectivity index (χ1) is 8.67. The quantitative estimate of drug-likeness (QED) is 0.689. The Labute approximate surface area is 103 Å². The number of nitrogen functional groups attached to an aromatic ring is 1. The maximum absolute atomic E-state index is 11.1. The molecule has 0 aliphatic rings. The Bertz CT molecular complexity index is 768. The predicted octanol–water partition coefficient (Wildman–Crippen LogP) is 1.34. The third-order valence-electron chi connectivity index (χ3n) is 3.20. The molecule has 3 rings (SSSR count). The van der Waals surface area contributed by atoms with Crippen molar-refractivity contribution in [3.05, 3.63) is 18.1 Å². The van der Waals surface area contributed by atoms with Gasteiger partial charge in [0, 0.05) is 19.0 Å². The third kappa shape index (κ3) is 1.20. The molecule has 0 unspecified atom stereocenters. The average molecular weight is 243 g/mol. The van der Waals surface area contributed by atoms with Crippen molar-refractivity contribution < 1.29 is 4.79 Å². The molecule has 0 amide bonds. The number of nitrogens with two attached hydrogens (primary N) is 1. The molecule has 0 radical (unpaired) electrons. The number of fused-ring (bicyclic) bond motifs is 3. The fraction of sp³-hybridized carbons (Fsp3) is 0.250. The van der Waals surface area contributed by atoms with E-state index >= 15 is 0 Å². The van der Waals surface area contributed by atoms with Crippen molar-refractivity contribution in [1.29, 1.82) is 0 Å². The Morgan fingerprint density at radius 1 is 1.50 bits per heavy atom. The van der Waals surface area contributed by atoms with Crippen LogP contribution in [0.2, 0.25) is 0 Å². The van der Waals surface area contributed by atoms with Gasteiger partial charge >= 0.3 is 0 Å². The fourth-order valence-corrected chi connectivity index (χ4v) is 2.39. The molecule has 3 aromatic heterocycles. The Morgan fingerprint density at radius 3 is 2.94 bits per heavy atom. The Morgan fingerprint density at radius 2 is 2.28 bits per heavy atom. The van der Waals surface area contributed by atoms with Crippen molar-refractivity contribution in [2.24, 2.45) is 7.05 Å². The zero-order valence-corrected chi connectivity index (χ0v) is 10.2. The van der Waals surface area contributed by atoms with Gasteiger partial charge in [0.1, 0.15) is 11.2 Å². The Hall–Kier alpha value is -2.37. The minimum atomic E-state index is 0.392. The minimum absolute atomic E-state index is 0.392. The summed E-state index contributed by atoms with van der Waals surface area (Å²) in [5.41, 5.74) is 8.84. The van der Waals surface area contributed by atoms with E-state index in [1.54, 1.807) is 6.33 Å². The van der Waals surface area contributed by atoms with E-state index in [4.69, 9.17) is 5.73 Å². The lowest BCUT2D eigenvalue weighted by Gasteiger charge is -2.04. The highest BCUT2D eigenvalue weighted by Crippen LogP contribution is 2.28. The van der Waals surface area contributed by atoms with Crippen LogP contribution >= 0.6 is 0 Å². The van der Waals surface area contributed by atoms with Gasteiger partial charge in [0.2, 0.25) is 0 Å². The van der Waals surface area contributed by atoms with Crippen LogP contribution in [0.25, 0.3) is 22.1 Å². The van der Waals surface area contributed by atoms with Crippen molar-refractivity contribution >= 4 is 34.2 Å². The van der Waals surface area contributed by atoms with E-state index in [9.17, 15) is 4.79 Å². The van der Waals surface area contributed by atoms with Gasteiger partial charge in [-0.15, -0.1) is 0 Å². The number of imidazole rings is 1. The summed E-state index contributed by atoms with van der Waals surface area (Å²) in [6, 6.07) is 1.84. The summed E-state index contributed by atoms with van der Waals surface area (Å²) in [6.07, 6.45) is 2.54. The molecule has 0 aliphatic heterocycles. The summed E-state index contributed by atoms with van der Waals surface area (Å²) in [5.74, 6) is 0.392. The van der Waals surface area contributed by atoms with E-state index in [2.05, 4.69) is 9.97 Å². The Balaban J connectivity index is 2.59. The Kier molecular flexibility index (Phi) is 2.13. The van der Waals surface area contributed by atoms with Gasteiger partial charge in [-0.25, -0.2) is 9.97 Å². The molecule has 6 heteroatoms. The molecule has 0 fully saturated rings. The van der Waals surface area contributed by atoms with Crippen LogP contribution in [-0.2, 0) is 13.6 Å². The lowest BCUT2D eigenvalue weighted by Crippen LogP contribution is -2.02. The molecule has 0 aromatic carbocycles. The van der Waals surface area contributed by atoms with Crippen molar-refractivity contribution in [3.8, 4) is 0 Å². The topological polar surface area (TPSA) is 78.7 Å². The molecule has 0 atom stereocenters. The van der Waals surface area contributed by atoms with Gasteiger partial charge in [-0.2, -0.15) is 0 Å². The number of hydrogen-bond acceptors (Lipinski definition) is 4. The molecule has 0 aliphatic carbocycles. The number of aromatic nitrogens is 4. The van der Waals surface area contributed by atoms with E-state index < -0.39 is 0 Å². The van der Waals surface area contributed by atoms with E-state index in [-0.39, 0.29) is 0 Å². The fourth-order valence-electron chi connectivity index (χ4n) is 2.39. The largest absolute Gasteiger partial charge is 0.382 e. The highest BCUT2D eigenvalue weighted by atomic mass is 16.1. The molecule has 0 saturated heterocycles. The number of carbonyl (C=O) groups excluding carboxylic acids is 1. The summed E-state index contributed by atoms with van der Waals surface area (Å²) in [5, 5.41) is 0.906. The van der Waals surface area contributed by atoms with Gasteiger partial charge in [0.15, 0.2) is 12.1 Å². The van der Waals surface area contributed by atoms with Crippen LogP contribution < -0.4 is 5.73 Å². The highest BCUT2D eigenvalue weighted by molar-refractivity contribution is 6.07. The van der Waals surface area contributed by atoms with Gasteiger partial charge in [0.05, 0.1) is 17.5 Å². The maximum Gasteiger partial charge on any atom is 0.166 e. The lowest BCUT2D eigenvalue weighted by molar-refractivity contribution is 0.111. The van der Waals surface area contributed by atoms with Crippen LogP contribution in [0.3, 0.4) is 0 Å². The number of rotatable bonds is 2. The van der Waals surface area contributed by atoms with Gasteiger partial charge in [0.25, 0.3) is 0 Å². The van der Waals surface area contributed by atoms with E-state index in [1.807, 2.05) is 29.2 Å². The standard InChI is InChI=1S/C12H13N5O/c1-3-17-7(5-18)4-8-10-9(14-6-16(10)2)11(13)15-12(8)17/h4-6H,3H2,1-2H3,(H2,13,15). The van der Waals surface area contributed by atoms with Crippen LogP contribution in [0.15, 0.2) is 12.4 Å². The second kappa shape index (κ2) is 3.56. The zero-order valence-electron chi connectivity index (χ0n) is 10.2. The molecular weight excluding hydrogens is 230 g/mol. The number of carbonyl (C=O) groups is 1. The molecule has 0 bridgehead atoms.